The molecule has 0 spiro atoms. The van der Waals surface area contributed by atoms with E-state index < -0.39 is 0 Å². The highest BCUT2D eigenvalue weighted by Crippen LogP contribution is 2.32. The Kier molecular flexibility index (Phi) is 3.77. The largest absolute Gasteiger partial charge is 0.496 e. The number of rotatable bonds is 2. The number of carbonyl (C=O) groups is 2. The second kappa shape index (κ2) is 5.16. The molecule has 2 amide bonds. The lowest BCUT2D eigenvalue weighted by atomic mass is 10.2. The van der Waals surface area contributed by atoms with Gasteiger partial charge in [0.15, 0.2) is 0 Å². The van der Waals surface area contributed by atoms with Gasteiger partial charge in [0.2, 0.25) is 0 Å². The SMILES string of the molecule is COc1ccc(/C=C2\SC(=O)N(C)C2=O)cc1Br. The van der Waals surface area contributed by atoms with Crippen molar-refractivity contribution in [2.75, 3.05) is 14.2 Å². The number of likely N-dealkylation sites (N-methyl/N-ethyl adjacent to an activating group) is 1. The number of imide groups is 1. The molecule has 0 saturated carbocycles. The maximum Gasteiger partial charge on any atom is 0.293 e. The number of nitrogens with zero attached hydrogens (tertiary/aromatic N) is 1. The zero-order valence-electron chi connectivity index (χ0n) is 9.77. The van der Waals surface area contributed by atoms with Gasteiger partial charge in [-0.2, -0.15) is 0 Å². The Balaban J connectivity index is 2.32. The molecule has 0 bridgehead atoms. The van der Waals surface area contributed by atoms with Gasteiger partial charge in [-0.3, -0.25) is 14.5 Å². The standard InChI is InChI=1S/C12H10BrNO3S/c1-14-11(15)10(18-12(14)16)6-7-3-4-9(17-2)8(13)5-7/h3-6H,1-2H3/b10-6-. The van der Waals surface area contributed by atoms with Crippen molar-refractivity contribution in [3.05, 3.63) is 33.1 Å². The molecule has 4 nitrogen and oxygen atoms in total. The highest BCUT2D eigenvalue weighted by molar-refractivity contribution is 9.10. The normalized spacial score (nSPS) is 17.7. The second-order valence-corrected chi connectivity index (χ2v) is 5.48. The minimum Gasteiger partial charge on any atom is -0.496 e. The number of hydrogen-bond acceptors (Lipinski definition) is 4. The molecule has 1 aliphatic heterocycles. The Hall–Kier alpha value is -1.27. The van der Waals surface area contributed by atoms with Crippen LogP contribution >= 0.6 is 27.7 Å². The molecule has 1 heterocycles. The van der Waals surface area contributed by atoms with Crippen LogP contribution in [0.15, 0.2) is 27.6 Å². The molecular formula is C12H10BrNO3S. The minimum absolute atomic E-state index is 0.251. The molecule has 0 aliphatic carbocycles. The molecule has 1 aromatic carbocycles. The fourth-order valence-electron chi connectivity index (χ4n) is 1.47. The van der Waals surface area contributed by atoms with E-state index in [0.717, 1.165) is 32.4 Å². The first kappa shape index (κ1) is 13.2. The van der Waals surface area contributed by atoms with Gasteiger partial charge in [-0.1, -0.05) is 6.07 Å². The third-order valence-corrected chi connectivity index (χ3v) is 4.04. The fourth-order valence-corrected chi connectivity index (χ4v) is 2.85. The summed E-state index contributed by atoms with van der Waals surface area (Å²) < 4.78 is 5.92. The molecule has 0 unspecified atom stereocenters. The van der Waals surface area contributed by atoms with Gasteiger partial charge in [0.05, 0.1) is 16.5 Å². The van der Waals surface area contributed by atoms with Crippen LogP contribution in [0.4, 0.5) is 4.79 Å². The van der Waals surface area contributed by atoms with Crippen molar-refractivity contribution in [2.45, 2.75) is 0 Å². The average molecular weight is 328 g/mol. The molecule has 0 N–H and O–H groups in total. The van der Waals surface area contributed by atoms with Crippen LogP contribution in [0.25, 0.3) is 6.08 Å². The van der Waals surface area contributed by atoms with Gasteiger partial charge in [0, 0.05) is 7.05 Å². The van der Waals surface area contributed by atoms with Gasteiger partial charge in [-0.15, -0.1) is 0 Å². The van der Waals surface area contributed by atoms with E-state index in [0.29, 0.717) is 4.91 Å². The molecule has 1 saturated heterocycles. The summed E-state index contributed by atoms with van der Waals surface area (Å²) in [5.74, 6) is 0.452. The molecule has 0 aromatic heterocycles. The summed E-state index contributed by atoms with van der Waals surface area (Å²) in [6.45, 7) is 0. The molecule has 18 heavy (non-hydrogen) atoms. The van der Waals surface area contributed by atoms with Crippen LogP contribution in [0.5, 0.6) is 5.75 Å². The Morgan fingerprint density at radius 3 is 2.61 bits per heavy atom. The summed E-state index contributed by atoms with van der Waals surface area (Å²) in [5.41, 5.74) is 0.835. The van der Waals surface area contributed by atoms with Gasteiger partial charge >= 0.3 is 0 Å². The summed E-state index contributed by atoms with van der Waals surface area (Å²) >= 11 is 4.32. The van der Waals surface area contributed by atoms with Crippen LogP contribution in [0.3, 0.4) is 0 Å². The van der Waals surface area contributed by atoms with Gasteiger partial charge in [-0.25, -0.2) is 0 Å². The Morgan fingerprint density at radius 1 is 1.39 bits per heavy atom. The van der Waals surface area contributed by atoms with E-state index in [4.69, 9.17) is 4.74 Å². The lowest BCUT2D eigenvalue weighted by Crippen LogP contribution is -2.22. The monoisotopic (exact) mass is 327 g/mol. The smallest absolute Gasteiger partial charge is 0.293 e. The molecule has 94 valence electrons. The van der Waals surface area contributed by atoms with Crippen molar-refractivity contribution in [2.24, 2.45) is 0 Å². The average Bonchev–Trinajstić information content (AvgIpc) is 2.57. The number of methoxy groups -OCH3 is 1. The van der Waals surface area contributed by atoms with Crippen LogP contribution in [0.2, 0.25) is 0 Å². The van der Waals surface area contributed by atoms with Gasteiger partial charge in [0.1, 0.15) is 5.75 Å². The van der Waals surface area contributed by atoms with Crippen molar-refractivity contribution in [3.63, 3.8) is 0 Å². The zero-order chi connectivity index (χ0) is 13.3. The van der Waals surface area contributed by atoms with Crippen molar-refractivity contribution in [3.8, 4) is 5.75 Å². The fraction of sp³-hybridized carbons (Fsp3) is 0.167. The minimum atomic E-state index is -0.267. The summed E-state index contributed by atoms with van der Waals surface area (Å²) in [6, 6.07) is 5.46. The van der Waals surface area contributed by atoms with Crippen molar-refractivity contribution >= 4 is 44.9 Å². The van der Waals surface area contributed by atoms with E-state index in [1.165, 1.54) is 7.05 Å². The van der Waals surface area contributed by atoms with Crippen LogP contribution < -0.4 is 4.74 Å². The van der Waals surface area contributed by atoms with Crippen molar-refractivity contribution in [1.82, 2.24) is 4.90 Å². The molecule has 2 rings (SSSR count). The highest BCUT2D eigenvalue weighted by atomic mass is 79.9. The predicted octanol–water partition coefficient (Wildman–Crippen LogP) is 3.12. The second-order valence-electron chi connectivity index (χ2n) is 3.63. The van der Waals surface area contributed by atoms with Crippen LogP contribution in [0, 0.1) is 0 Å². The van der Waals surface area contributed by atoms with Crippen LogP contribution in [-0.2, 0) is 4.79 Å². The number of benzene rings is 1. The number of ether oxygens (including phenoxy) is 1. The van der Waals surface area contributed by atoms with E-state index in [9.17, 15) is 9.59 Å². The van der Waals surface area contributed by atoms with Gasteiger partial charge in [-0.05, 0) is 51.5 Å². The predicted molar refractivity (Wildman–Crippen MR) is 74.4 cm³/mol. The molecule has 1 aliphatic rings. The number of halogens is 1. The summed E-state index contributed by atoms with van der Waals surface area (Å²) in [4.78, 5) is 24.6. The van der Waals surface area contributed by atoms with Crippen molar-refractivity contribution in [1.29, 1.82) is 0 Å². The van der Waals surface area contributed by atoms with E-state index >= 15 is 0 Å². The summed E-state index contributed by atoms with van der Waals surface area (Å²) in [7, 11) is 3.06. The quantitative estimate of drug-likeness (QED) is 0.783. The van der Waals surface area contributed by atoms with Crippen LogP contribution in [0.1, 0.15) is 5.56 Å². The van der Waals surface area contributed by atoms with E-state index in [1.807, 2.05) is 12.1 Å². The Bertz CT molecular complexity index is 556. The number of amides is 2. The molecule has 0 atom stereocenters. The maximum atomic E-state index is 11.7. The maximum absolute atomic E-state index is 11.7. The number of carbonyl (C=O) groups excluding carboxylic acids is 2. The summed E-state index contributed by atoms with van der Waals surface area (Å²) in [5, 5.41) is -0.251. The Morgan fingerprint density at radius 2 is 2.11 bits per heavy atom. The molecule has 6 heteroatoms. The molecule has 1 fully saturated rings. The molecule has 0 radical (unpaired) electrons. The highest BCUT2D eigenvalue weighted by Gasteiger charge is 2.31. The lowest BCUT2D eigenvalue weighted by Gasteiger charge is -2.04. The third-order valence-electron chi connectivity index (χ3n) is 2.46. The van der Waals surface area contributed by atoms with E-state index in [2.05, 4.69) is 15.9 Å². The third kappa shape index (κ3) is 2.44. The molecule has 1 aromatic rings. The van der Waals surface area contributed by atoms with Crippen molar-refractivity contribution < 1.29 is 14.3 Å². The first-order valence-electron chi connectivity index (χ1n) is 5.08. The number of thioether (sulfide) groups is 1. The Labute approximate surface area is 117 Å². The first-order chi connectivity index (χ1) is 8.52. The van der Waals surface area contributed by atoms with E-state index in [-0.39, 0.29) is 11.1 Å². The van der Waals surface area contributed by atoms with Gasteiger partial charge in [0.25, 0.3) is 11.1 Å². The lowest BCUT2D eigenvalue weighted by molar-refractivity contribution is -0.121. The number of hydrogen-bond donors (Lipinski definition) is 0. The topological polar surface area (TPSA) is 46.6 Å². The summed E-state index contributed by atoms with van der Waals surface area (Å²) in [6.07, 6.45) is 1.69. The zero-order valence-corrected chi connectivity index (χ0v) is 12.2. The van der Waals surface area contributed by atoms with Crippen LogP contribution in [-0.4, -0.2) is 30.2 Å². The van der Waals surface area contributed by atoms with Gasteiger partial charge < -0.3 is 4.74 Å². The van der Waals surface area contributed by atoms with E-state index in [1.54, 1.807) is 19.3 Å². The first-order valence-corrected chi connectivity index (χ1v) is 6.69. The molecular weight excluding hydrogens is 318 g/mol.